The molecular weight excluding hydrogens is 457 g/mol. The van der Waals surface area contributed by atoms with Gasteiger partial charge in [-0.3, -0.25) is 15.0 Å². The number of hydrogen-bond acceptors (Lipinski definition) is 5. The highest BCUT2D eigenvalue weighted by Crippen LogP contribution is 2.22. The van der Waals surface area contributed by atoms with Gasteiger partial charge in [-0.1, -0.05) is 36.4 Å². The number of ketones is 1. The van der Waals surface area contributed by atoms with E-state index in [0.717, 1.165) is 10.9 Å². The molecule has 3 rings (SSSR count). The molecule has 1 heterocycles. The summed E-state index contributed by atoms with van der Waals surface area (Å²) in [7, 11) is 0. The molecule has 0 aliphatic rings. The minimum absolute atomic E-state index is 0.0570. The van der Waals surface area contributed by atoms with Crippen molar-refractivity contribution in [1.82, 2.24) is 4.57 Å². The van der Waals surface area contributed by atoms with Crippen molar-refractivity contribution >= 4 is 34.1 Å². The summed E-state index contributed by atoms with van der Waals surface area (Å²) in [6, 6.07) is 18.3. The lowest BCUT2D eigenvalue weighted by atomic mass is 10.1. The normalized spacial score (nSPS) is 10.5. The summed E-state index contributed by atoms with van der Waals surface area (Å²) < 4.78 is 2.31. The number of carbonyl (C=O) groups is 1. The van der Waals surface area contributed by atoms with Crippen molar-refractivity contribution in [2.75, 3.05) is 5.23 Å². The minimum atomic E-state index is -0.227. The van der Waals surface area contributed by atoms with E-state index in [2.05, 4.69) is 4.99 Å². The van der Waals surface area contributed by atoms with Crippen LogP contribution in [0.5, 0.6) is 0 Å². The van der Waals surface area contributed by atoms with Crippen molar-refractivity contribution in [1.29, 1.82) is 0 Å². The van der Waals surface area contributed by atoms with Crippen LogP contribution in [-0.4, -0.2) is 15.6 Å². The van der Waals surface area contributed by atoms with Gasteiger partial charge in [0.05, 0.1) is 24.1 Å². The van der Waals surface area contributed by atoms with Crippen molar-refractivity contribution in [2.24, 2.45) is 4.99 Å². The third-order valence-electron chi connectivity index (χ3n) is 3.96. The Labute approximate surface area is 170 Å². The molecule has 0 saturated carbocycles. The van der Waals surface area contributed by atoms with Gasteiger partial charge in [0.25, 0.3) is 0 Å². The lowest BCUT2D eigenvalue weighted by Gasteiger charge is -2.23. The average Bonchev–Trinajstić information content (AvgIpc) is 2.68. The molecule has 0 saturated heterocycles. The minimum Gasteiger partial charge on any atom is -0.733 e. The molecular formula is C20H17IN3O3-. The first-order valence-electron chi connectivity index (χ1n) is 8.22. The Morgan fingerprint density at radius 2 is 1.81 bits per heavy atom. The Balaban J connectivity index is 1.69. The first kappa shape index (κ1) is 19.3. The number of nitrogens with zero attached hydrogens (tertiary/aromatic N) is 3. The Kier molecular flexibility index (Phi) is 6.38. The zero-order valence-corrected chi connectivity index (χ0v) is 16.5. The second-order valence-corrected chi connectivity index (χ2v) is 7.05. The van der Waals surface area contributed by atoms with Gasteiger partial charge >= 0.3 is 0 Å². The molecule has 27 heavy (non-hydrogen) atoms. The molecule has 0 aliphatic carbocycles. The fourth-order valence-corrected chi connectivity index (χ4v) is 3.06. The highest BCUT2D eigenvalue weighted by Gasteiger charge is 2.09. The molecule has 3 aromatic rings. The fourth-order valence-electron chi connectivity index (χ4n) is 2.52. The lowest BCUT2D eigenvalue weighted by molar-refractivity contribution is 0.0972. The molecule has 0 unspecified atom stereocenters. The maximum absolute atomic E-state index is 12.4. The van der Waals surface area contributed by atoms with Crippen molar-refractivity contribution < 1.29 is 10.0 Å². The summed E-state index contributed by atoms with van der Waals surface area (Å²) in [5, 5.41) is 20.9. The maximum Gasteiger partial charge on any atom is 0.182 e. The number of anilines is 1. The molecule has 0 atom stereocenters. The predicted molar refractivity (Wildman–Crippen MR) is 111 cm³/mol. The standard InChI is InChI=1S/C20H17IN3O3/c21-18-7-6-16(12-19(18)24(26)27)20(25)14-23-10-8-17(9-11-23)22-13-15-4-2-1-3-5-15/h1-12,26H,13-14H2/q-1. The third-order valence-corrected chi connectivity index (χ3v) is 4.87. The number of rotatable bonds is 6. The molecule has 0 spiro atoms. The topological polar surface area (TPSA) is 80.9 Å². The quantitative estimate of drug-likeness (QED) is 0.335. The van der Waals surface area contributed by atoms with Gasteiger partial charge in [-0.05, 0) is 52.4 Å². The summed E-state index contributed by atoms with van der Waals surface area (Å²) >= 11 is 1.93. The van der Waals surface area contributed by atoms with Gasteiger partial charge < -0.3 is 15.0 Å². The highest BCUT2D eigenvalue weighted by molar-refractivity contribution is 14.1. The first-order valence-corrected chi connectivity index (χ1v) is 9.30. The first-order chi connectivity index (χ1) is 13.0. The van der Waals surface area contributed by atoms with E-state index in [1.165, 1.54) is 6.07 Å². The van der Waals surface area contributed by atoms with Crippen molar-refractivity contribution in [3.05, 3.63) is 98.3 Å². The molecule has 2 aromatic carbocycles. The molecule has 0 bridgehead atoms. The molecule has 6 nitrogen and oxygen atoms in total. The summed E-state index contributed by atoms with van der Waals surface area (Å²) in [6.07, 6.45) is 3.59. The van der Waals surface area contributed by atoms with Crippen LogP contribution in [0.3, 0.4) is 0 Å². The number of Topliss-reactive ketones (excluding diaryl/α,β-unsaturated/α-hetero) is 1. The number of halogens is 1. The number of pyridine rings is 1. The average molecular weight is 474 g/mol. The van der Waals surface area contributed by atoms with E-state index in [-0.39, 0.29) is 23.2 Å². The number of hydrogen-bond donors (Lipinski definition) is 1. The van der Waals surface area contributed by atoms with Crippen LogP contribution in [0.4, 0.5) is 5.69 Å². The molecule has 1 N–H and O–H groups in total. The number of aromatic nitrogens is 1. The van der Waals surface area contributed by atoms with E-state index in [1.807, 2.05) is 65.1 Å². The summed E-state index contributed by atoms with van der Waals surface area (Å²) in [5.74, 6) is -0.159. The molecule has 0 fully saturated rings. The number of benzene rings is 2. The van der Waals surface area contributed by atoms with Gasteiger partial charge in [-0.15, -0.1) is 0 Å². The maximum atomic E-state index is 12.4. The van der Waals surface area contributed by atoms with Crippen LogP contribution in [-0.2, 0) is 13.1 Å². The fraction of sp³-hybridized carbons (Fsp3) is 0.100. The van der Waals surface area contributed by atoms with Crippen LogP contribution in [0, 0.1) is 8.78 Å². The van der Waals surface area contributed by atoms with Crippen molar-refractivity contribution in [3.63, 3.8) is 0 Å². The second kappa shape index (κ2) is 8.94. The van der Waals surface area contributed by atoms with Crippen LogP contribution in [0.25, 0.3) is 0 Å². The third kappa shape index (κ3) is 5.25. The summed E-state index contributed by atoms with van der Waals surface area (Å²) in [5.41, 5.74) is 1.56. The van der Waals surface area contributed by atoms with Crippen LogP contribution in [0.15, 0.2) is 78.0 Å². The Hall–Kier alpha value is -2.49. The monoisotopic (exact) mass is 474 g/mol. The van der Waals surface area contributed by atoms with E-state index in [9.17, 15) is 10.0 Å². The summed E-state index contributed by atoms with van der Waals surface area (Å²) in [4.78, 5) is 17.0. The van der Waals surface area contributed by atoms with Crippen molar-refractivity contribution in [3.8, 4) is 0 Å². The van der Waals surface area contributed by atoms with Gasteiger partial charge in [-0.25, -0.2) is 0 Å². The molecule has 0 radical (unpaired) electrons. The van der Waals surface area contributed by atoms with Gasteiger partial charge in [0, 0.05) is 21.5 Å². The van der Waals surface area contributed by atoms with Crippen LogP contribution < -0.4 is 10.6 Å². The van der Waals surface area contributed by atoms with Gasteiger partial charge in [0.2, 0.25) is 0 Å². The largest absolute Gasteiger partial charge is 0.733 e. The SMILES string of the molecule is O=C(Cn1ccc(=NCc2ccccc2)cc1)c1ccc(I)c(N([O-])O)c1. The molecule has 0 aliphatic heterocycles. The zero-order valence-electron chi connectivity index (χ0n) is 14.3. The predicted octanol–water partition coefficient (Wildman–Crippen LogP) is 3.77. The second-order valence-electron chi connectivity index (χ2n) is 5.89. The summed E-state index contributed by atoms with van der Waals surface area (Å²) in [6.45, 7) is 0.728. The molecule has 7 heteroatoms. The van der Waals surface area contributed by atoms with Crippen molar-refractivity contribution in [2.45, 2.75) is 13.1 Å². The zero-order chi connectivity index (χ0) is 19.2. The van der Waals surface area contributed by atoms with E-state index >= 15 is 0 Å². The van der Waals surface area contributed by atoms with Crippen LogP contribution in [0.2, 0.25) is 0 Å². The van der Waals surface area contributed by atoms with Gasteiger partial charge in [0.15, 0.2) is 5.78 Å². The Morgan fingerprint density at radius 3 is 2.48 bits per heavy atom. The van der Waals surface area contributed by atoms with Crippen LogP contribution >= 0.6 is 22.6 Å². The number of carbonyl (C=O) groups excluding carboxylic acids is 1. The van der Waals surface area contributed by atoms with E-state index in [1.54, 1.807) is 29.1 Å². The van der Waals surface area contributed by atoms with E-state index < -0.39 is 0 Å². The van der Waals surface area contributed by atoms with Gasteiger partial charge in [0.1, 0.15) is 0 Å². The van der Waals surface area contributed by atoms with E-state index in [0.29, 0.717) is 15.7 Å². The van der Waals surface area contributed by atoms with Gasteiger partial charge in [-0.2, -0.15) is 0 Å². The van der Waals surface area contributed by atoms with E-state index in [4.69, 9.17) is 5.21 Å². The molecule has 138 valence electrons. The van der Waals surface area contributed by atoms with Crippen LogP contribution in [0.1, 0.15) is 15.9 Å². The lowest BCUT2D eigenvalue weighted by Crippen LogP contribution is -2.14. The Morgan fingerprint density at radius 1 is 1.11 bits per heavy atom. The highest BCUT2D eigenvalue weighted by atomic mass is 127. The molecule has 1 aromatic heterocycles. The molecule has 0 amide bonds. The Bertz CT molecular complexity index is 980. The smallest absolute Gasteiger partial charge is 0.182 e.